The highest BCUT2D eigenvalue weighted by Crippen LogP contribution is 2.06. The number of nitrogens with two attached hydrogens (primary N) is 3. The van der Waals surface area contributed by atoms with Gasteiger partial charge in [0.2, 0.25) is 11.8 Å². The summed E-state index contributed by atoms with van der Waals surface area (Å²) in [5, 5.41) is 16.9. The van der Waals surface area contributed by atoms with Gasteiger partial charge in [0.05, 0.1) is 0 Å². The number of hydrogen-bond acceptors (Lipinski definition) is 8. The Bertz CT molecular complexity index is 794. The normalized spacial score (nSPS) is 13.2. The Morgan fingerprint density at radius 2 is 1.20 bits per heavy atom. The minimum atomic E-state index is -1.20. The predicted molar refractivity (Wildman–Crippen MR) is 130 cm³/mol. The van der Waals surface area contributed by atoms with Gasteiger partial charge in [0.1, 0.15) is 24.7 Å². The van der Waals surface area contributed by atoms with Gasteiger partial charge in [-0.15, -0.1) is 0 Å². The molecular formula is C23H38N6O6. The van der Waals surface area contributed by atoms with Crippen LogP contribution in [-0.2, 0) is 25.7 Å². The van der Waals surface area contributed by atoms with Crippen molar-refractivity contribution in [3.8, 4) is 0 Å². The molecule has 0 radical (unpaired) electrons. The second-order valence-corrected chi connectivity index (χ2v) is 8.01. The number of carbonyl (C=O) groups is 4. The third-order valence-electron chi connectivity index (χ3n) is 5.16. The first-order valence-corrected chi connectivity index (χ1v) is 11.7. The molecule has 1 rings (SSSR count). The summed E-state index contributed by atoms with van der Waals surface area (Å²) in [4.78, 5) is 49.5. The van der Waals surface area contributed by atoms with Gasteiger partial charge < -0.3 is 43.0 Å². The third kappa shape index (κ3) is 12.2. The van der Waals surface area contributed by atoms with Crippen LogP contribution in [0.25, 0.3) is 0 Å². The lowest BCUT2D eigenvalue weighted by Gasteiger charge is -2.24. The molecule has 10 N–H and O–H groups in total. The fraction of sp³-hybridized carbons (Fsp3) is 0.565. The van der Waals surface area contributed by atoms with Gasteiger partial charge in [-0.25, -0.2) is 9.59 Å². The molecule has 1 aromatic carbocycles. The van der Waals surface area contributed by atoms with Crippen molar-refractivity contribution in [3.63, 3.8) is 0 Å². The van der Waals surface area contributed by atoms with Crippen LogP contribution in [0.5, 0.6) is 0 Å². The molecule has 0 aliphatic carbocycles. The van der Waals surface area contributed by atoms with Crippen LogP contribution in [0.3, 0.4) is 0 Å². The lowest BCUT2D eigenvalue weighted by atomic mass is 10.1. The molecule has 12 heteroatoms. The van der Waals surface area contributed by atoms with Gasteiger partial charge in [0, 0.05) is 0 Å². The molecule has 0 aliphatic rings. The van der Waals surface area contributed by atoms with E-state index in [-0.39, 0.29) is 39.0 Å². The van der Waals surface area contributed by atoms with Crippen molar-refractivity contribution in [1.82, 2.24) is 16.0 Å². The van der Waals surface area contributed by atoms with E-state index in [4.69, 9.17) is 21.9 Å². The zero-order valence-electron chi connectivity index (χ0n) is 19.9. The second kappa shape index (κ2) is 17.2. The summed E-state index contributed by atoms with van der Waals surface area (Å²) >= 11 is 0. The average molecular weight is 495 g/mol. The van der Waals surface area contributed by atoms with Crippen molar-refractivity contribution in [2.45, 2.75) is 63.3 Å². The highest BCUT2D eigenvalue weighted by molar-refractivity contribution is 5.92. The number of ether oxygens (including phenoxy) is 1. The first-order chi connectivity index (χ1) is 16.8. The summed E-state index contributed by atoms with van der Waals surface area (Å²) in [6.07, 6.45) is 1.05. The Morgan fingerprint density at radius 3 is 1.69 bits per heavy atom. The molecule has 0 bridgehead atoms. The quantitative estimate of drug-likeness (QED) is 0.149. The molecule has 0 spiro atoms. The molecule has 0 aromatic heterocycles. The van der Waals surface area contributed by atoms with Crippen molar-refractivity contribution >= 4 is 23.9 Å². The van der Waals surface area contributed by atoms with Crippen LogP contribution in [-0.4, -0.2) is 66.7 Å². The van der Waals surface area contributed by atoms with Gasteiger partial charge in [0.25, 0.3) is 0 Å². The predicted octanol–water partition coefficient (Wildman–Crippen LogP) is -0.448. The molecular weight excluding hydrogens is 456 g/mol. The molecule has 0 heterocycles. The Morgan fingerprint density at radius 1 is 0.743 bits per heavy atom. The van der Waals surface area contributed by atoms with Gasteiger partial charge >= 0.3 is 12.1 Å². The summed E-state index contributed by atoms with van der Waals surface area (Å²) in [7, 11) is 0. The average Bonchev–Trinajstić information content (AvgIpc) is 2.85. The van der Waals surface area contributed by atoms with E-state index >= 15 is 0 Å². The fourth-order valence-electron chi connectivity index (χ4n) is 3.21. The van der Waals surface area contributed by atoms with E-state index < -0.39 is 42.0 Å². The van der Waals surface area contributed by atoms with E-state index in [1.54, 1.807) is 12.1 Å². The highest BCUT2D eigenvalue weighted by atomic mass is 16.5. The zero-order chi connectivity index (χ0) is 26.1. The van der Waals surface area contributed by atoms with Crippen molar-refractivity contribution in [3.05, 3.63) is 35.9 Å². The summed E-state index contributed by atoms with van der Waals surface area (Å²) in [5.41, 5.74) is 17.3. The van der Waals surface area contributed by atoms with Crippen LogP contribution >= 0.6 is 0 Å². The zero-order valence-corrected chi connectivity index (χ0v) is 19.9. The minimum Gasteiger partial charge on any atom is -0.480 e. The first kappa shape index (κ1) is 29.8. The smallest absolute Gasteiger partial charge is 0.408 e. The number of aliphatic carboxylic acids is 1. The van der Waals surface area contributed by atoms with Crippen LogP contribution in [0.1, 0.15) is 44.1 Å². The van der Waals surface area contributed by atoms with Gasteiger partial charge in [-0.3, -0.25) is 9.59 Å². The second-order valence-electron chi connectivity index (χ2n) is 8.01. The monoisotopic (exact) mass is 494 g/mol. The molecule has 35 heavy (non-hydrogen) atoms. The number of nitrogens with one attached hydrogen (secondary N) is 3. The summed E-state index contributed by atoms with van der Waals surface area (Å²) in [6.45, 7) is 0.875. The first-order valence-electron chi connectivity index (χ1n) is 11.7. The summed E-state index contributed by atoms with van der Waals surface area (Å²) < 4.78 is 5.19. The molecule has 3 atom stereocenters. The van der Waals surface area contributed by atoms with Crippen molar-refractivity contribution in [1.29, 1.82) is 0 Å². The molecule has 12 nitrogen and oxygen atoms in total. The topological polar surface area (TPSA) is 212 Å². The van der Waals surface area contributed by atoms with E-state index in [0.717, 1.165) is 5.56 Å². The van der Waals surface area contributed by atoms with Crippen LogP contribution in [0.4, 0.5) is 4.79 Å². The Hall–Kier alpha value is -3.22. The molecule has 0 aliphatic heterocycles. The number of hydrogen-bond donors (Lipinski definition) is 7. The maximum absolute atomic E-state index is 13.0. The lowest BCUT2D eigenvalue weighted by molar-refractivity contribution is -0.142. The number of benzene rings is 1. The molecule has 0 unspecified atom stereocenters. The van der Waals surface area contributed by atoms with Gasteiger partial charge in [-0.2, -0.15) is 0 Å². The number of carboxylic acid groups (broad SMARTS) is 1. The van der Waals surface area contributed by atoms with E-state index in [1.165, 1.54) is 0 Å². The van der Waals surface area contributed by atoms with Crippen molar-refractivity contribution in [2.24, 2.45) is 17.2 Å². The molecule has 196 valence electrons. The minimum absolute atomic E-state index is 0.0266. The highest BCUT2D eigenvalue weighted by Gasteiger charge is 2.29. The molecule has 0 saturated carbocycles. The van der Waals surface area contributed by atoms with Crippen molar-refractivity contribution < 1.29 is 29.0 Å². The molecule has 1 aromatic rings. The SMILES string of the molecule is NCCC[C@H](NC(=O)[C@H](CCCN)NC(=O)[C@H](CCCN)NC(=O)OCc1ccccc1)C(=O)O. The van der Waals surface area contributed by atoms with Gasteiger partial charge in [-0.1, -0.05) is 30.3 Å². The Labute approximate surface area is 205 Å². The molecule has 0 fully saturated rings. The number of rotatable bonds is 17. The number of carboxylic acids is 1. The van der Waals surface area contributed by atoms with E-state index in [1.807, 2.05) is 18.2 Å². The lowest BCUT2D eigenvalue weighted by Crippen LogP contribution is -2.56. The van der Waals surface area contributed by atoms with Crippen LogP contribution in [0, 0.1) is 0 Å². The van der Waals surface area contributed by atoms with Gasteiger partial charge in [-0.05, 0) is 63.7 Å². The Balaban J connectivity index is 2.82. The van der Waals surface area contributed by atoms with Crippen LogP contribution < -0.4 is 33.2 Å². The fourth-order valence-corrected chi connectivity index (χ4v) is 3.21. The summed E-state index contributed by atoms with van der Waals surface area (Å²) in [6, 6.07) is 5.88. The van der Waals surface area contributed by atoms with Crippen LogP contribution in [0.15, 0.2) is 30.3 Å². The summed E-state index contributed by atoms with van der Waals surface area (Å²) in [5.74, 6) is -2.46. The van der Waals surface area contributed by atoms with Gasteiger partial charge in [0.15, 0.2) is 0 Å². The van der Waals surface area contributed by atoms with E-state index in [0.29, 0.717) is 25.8 Å². The maximum atomic E-state index is 13.0. The number of amides is 3. The molecule has 3 amide bonds. The largest absolute Gasteiger partial charge is 0.480 e. The van der Waals surface area contributed by atoms with E-state index in [2.05, 4.69) is 16.0 Å². The van der Waals surface area contributed by atoms with E-state index in [9.17, 15) is 24.3 Å². The van der Waals surface area contributed by atoms with Crippen molar-refractivity contribution in [2.75, 3.05) is 19.6 Å². The van der Waals surface area contributed by atoms with Crippen LogP contribution in [0.2, 0.25) is 0 Å². The number of alkyl carbamates (subject to hydrolysis) is 1. The Kier molecular flexibility index (Phi) is 14.7. The maximum Gasteiger partial charge on any atom is 0.408 e. The molecule has 0 saturated heterocycles. The standard InChI is InChI=1S/C23H38N6O6/c24-12-4-9-17(20(30)28-19(22(32)33)11-6-14-26)27-21(31)18(10-5-13-25)29-23(34)35-15-16-7-2-1-3-8-16/h1-3,7-8,17-19H,4-6,9-15,24-26H2,(H,27,31)(H,28,30)(H,29,34)(H,32,33)/t17-,18-,19-/m0/s1. The number of carbonyl (C=O) groups excluding carboxylic acids is 3. The third-order valence-corrected chi connectivity index (χ3v) is 5.16.